The third-order valence-electron chi connectivity index (χ3n) is 4.76. The molecule has 0 spiro atoms. The van der Waals surface area contributed by atoms with Crippen LogP contribution in [-0.2, 0) is 3.74 Å². The van der Waals surface area contributed by atoms with Gasteiger partial charge in [0, 0.05) is 4.86 Å². The number of methoxy groups -OCH3 is 2. The Kier molecular flexibility index (Phi) is 6.32. The van der Waals surface area contributed by atoms with Crippen molar-refractivity contribution in [1.29, 1.82) is 0 Å². The smallest absolute Gasteiger partial charge is 0.151 e. The maximum absolute atomic E-state index is 11.6. The van der Waals surface area contributed by atoms with Crippen molar-refractivity contribution < 1.29 is 37.4 Å². The lowest BCUT2D eigenvalue weighted by Gasteiger charge is -2.23. The maximum atomic E-state index is 11.6. The largest absolute Gasteiger partial charge is 0.496 e. The van der Waals surface area contributed by atoms with Crippen LogP contribution < -0.4 is 23.5 Å². The molecule has 9 heteroatoms. The molecule has 31 heavy (non-hydrogen) atoms. The van der Waals surface area contributed by atoms with Gasteiger partial charge in [-0.15, -0.1) is 0 Å². The van der Waals surface area contributed by atoms with Gasteiger partial charge in [0.05, 0.1) is 34.3 Å². The number of benzene rings is 2. The summed E-state index contributed by atoms with van der Waals surface area (Å²) in [4.78, 5) is 2.05. The lowest BCUT2D eigenvalue weighted by Crippen LogP contribution is -2.60. The van der Waals surface area contributed by atoms with Crippen LogP contribution in [-0.4, -0.2) is 19.1 Å². The minimum absolute atomic E-state index is 0.458. The summed E-state index contributed by atoms with van der Waals surface area (Å²) >= 11 is 1.54. The summed E-state index contributed by atoms with van der Waals surface area (Å²) in [6, 6.07) is 11.1. The van der Waals surface area contributed by atoms with Gasteiger partial charge in [-0.05, 0) is 65.0 Å². The monoisotopic (exact) mass is 478 g/mol. The summed E-state index contributed by atoms with van der Waals surface area (Å²) in [5.41, 5.74) is 3.49. The number of rotatable bonds is 5. The zero-order valence-electron chi connectivity index (χ0n) is 16.9. The highest BCUT2D eigenvalue weighted by atomic mass is 35.7. The molecule has 2 aliphatic heterocycles. The topological polar surface area (TPSA) is 96.9 Å². The van der Waals surface area contributed by atoms with E-state index < -0.39 is 21.0 Å². The minimum Gasteiger partial charge on any atom is -0.496 e. The average Bonchev–Trinajstić information content (AvgIpc) is 2.75. The van der Waals surface area contributed by atoms with Crippen molar-refractivity contribution in [3.05, 3.63) is 71.2 Å². The molecule has 0 saturated heterocycles. The van der Waals surface area contributed by atoms with Crippen molar-refractivity contribution in [2.24, 2.45) is 0 Å². The van der Waals surface area contributed by atoms with E-state index in [2.05, 4.69) is 0 Å². The third kappa shape index (κ3) is 4.47. The average molecular weight is 479 g/mol. The molecule has 0 amide bonds. The van der Waals surface area contributed by atoms with Gasteiger partial charge in [-0.1, -0.05) is 36.0 Å². The fourth-order valence-corrected chi connectivity index (χ4v) is 7.06. The first-order chi connectivity index (χ1) is 14.8. The van der Waals surface area contributed by atoms with Crippen LogP contribution in [0, 0.1) is 10.2 Å². The second-order valence-corrected chi connectivity index (χ2v) is 10.2. The Morgan fingerprint density at radius 1 is 0.968 bits per heavy atom. The van der Waals surface area contributed by atoms with Gasteiger partial charge >= 0.3 is 0 Å². The summed E-state index contributed by atoms with van der Waals surface area (Å²) in [7, 11) is -3.04. The van der Waals surface area contributed by atoms with E-state index in [0.717, 1.165) is 32.9 Å². The zero-order valence-corrected chi connectivity index (χ0v) is 19.3. The van der Waals surface area contributed by atoms with E-state index in [1.165, 1.54) is 7.11 Å². The van der Waals surface area contributed by atoms with Crippen molar-refractivity contribution in [2.75, 3.05) is 14.2 Å². The van der Waals surface area contributed by atoms with Crippen LogP contribution in [0.25, 0.3) is 11.1 Å². The molecule has 0 aromatic heterocycles. The summed E-state index contributed by atoms with van der Waals surface area (Å²) in [5.74, 6) is 1.21. The van der Waals surface area contributed by atoms with Crippen molar-refractivity contribution in [3.8, 4) is 11.5 Å². The molecule has 0 aliphatic carbocycles. The molecule has 1 unspecified atom stereocenters. The Morgan fingerprint density at radius 2 is 1.65 bits per heavy atom. The number of ether oxygens (including phenoxy) is 2. The Balaban J connectivity index is 1.96. The quantitative estimate of drug-likeness (QED) is 0.481. The Hall–Kier alpha value is -2.04. The molecule has 2 aliphatic rings. The van der Waals surface area contributed by atoms with Crippen LogP contribution in [0.2, 0.25) is 0 Å². The van der Waals surface area contributed by atoms with Gasteiger partial charge in [-0.3, -0.25) is 0 Å². The Bertz CT molecular complexity index is 1160. The van der Waals surface area contributed by atoms with Crippen molar-refractivity contribution in [1.82, 2.24) is 0 Å². The molecule has 162 valence electrons. The fraction of sp³-hybridized carbons (Fsp3) is 0.136. The van der Waals surface area contributed by atoms with Crippen molar-refractivity contribution >= 4 is 38.5 Å². The molecule has 0 N–H and O–H groups in total. The molecule has 4 rings (SSSR count). The normalized spacial score (nSPS) is 19.0. The van der Waals surface area contributed by atoms with Crippen LogP contribution in [0.3, 0.4) is 0 Å². The van der Waals surface area contributed by atoms with Crippen LogP contribution in [0.15, 0.2) is 69.8 Å². The Labute approximate surface area is 189 Å². The lowest BCUT2D eigenvalue weighted by molar-refractivity contribution is -1.91. The second kappa shape index (κ2) is 8.84. The molecule has 1 atom stereocenters. The van der Waals surface area contributed by atoms with Crippen LogP contribution in [0.1, 0.15) is 18.1 Å². The molecule has 0 saturated carbocycles. The van der Waals surface area contributed by atoms with Crippen LogP contribution in [0.4, 0.5) is 0 Å². The van der Waals surface area contributed by atoms with Gasteiger partial charge in [-0.2, -0.15) is 14.0 Å². The first kappa shape index (κ1) is 22.2. The Morgan fingerprint density at radius 3 is 2.32 bits per heavy atom. The number of halogens is 1. The van der Waals surface area contributed by atoms with Crippen molar-refractivity contribution in [3.63, 3.8) is 0 Å². The molecular formula is C22H19ClO6S2. The number of hydrogen-bond acceptors (Lipinski definition) is 7. The minimum atomic E-state index is -4.66. The first-order valence-corrected chi connectivity index (χ1v) is 12.4. The molecular weight excluding hydrogens is 460 g/mol. The van der Waals surface area contributed by atoms with Gasteiger partial charge in [0.25, 0.3) is 0 Å². The zero-order chi connectivity index (χ0) is 22.2. The molecule has 6 nitrogen and oxygen atoms in total. The number of allylic oxidation sites excluding steroid dienone is 5. The molecule has 2 aromatic carbocycles. The van der Waals surface area contributed by atoms with Gasteiger partial charge in [-0.25, -0.2) is 0 Å². The standard InChI is InChI=1S/C22H19ClO6S2/c1-14-12-16(13-15-10-11-30-21-18(15)7-5-8-19(21)27-2)31(29-23(24,25)26)22-17(14)6-4-9-20(22)28-3/h4-13H,1-3H3/b15-13+. The molecule has 0 radical (unpaired) electrons. The van der Waals surface area contributed by atoms with E-state index in [1.54, 1.807) is 24.9 Å². The molecule has 0 bridgehead atoms. The third-order valence-corrected chi connectivity index (χ3v) is 8.27. The van der Waals surface area contributed by atoms with Crippen LogP contribution in [0.5, 0.6) is 11.5 Å². The van der Waals surface area contributed by atoms with E-state index in [-0.39, 0.29) is 0 Å². The SMILES string of the molecule is COc1cccc2c1SC=C/C2=C\C1=S(O[Cl+3]([O-])([O-])[O-])c2c(OC)cccc2C(C)=C1. The highest BCUT2D eigenvalue weighted by Gasteiger charge is 2.33. The van der Waals surface area contributed by atoms with E-state index in [1.807, 2.05) is 60.9 Å². The highest BCUT2D eigenvalue weighted by molar-refractivity contribution is 8.12. The molecule has 2 aromatic rings. The number of fused-ring (bicyclic) bond motifs is 2. The highest BCUT2D eigenvalue weighted by Crippen LogP contribution is 2.48. The maximum Gasteiger partial charge on any atom is 0.151 e. The van der Waals surface area contributed by atoms with Crippen LogP contribution >= 0.6 is 22.5 Å². The lowest BCUT2D eigenvalue weighted by atomic mass is 10.0. The summed E-state index contributed by atoms with van der Waals surface area (Å²) in [6.45, 7) is 1.92. The van der Waals surface area contributed by atoms with E-state index in [4.69, 9.17) is 13.2 Å². The number of thioether (sulfide) groups is 1. The predicted octanol–water partition coefficient (Wildman–Crippen LogP) is 2.45. The second-order valence-electron chi connectivity index (χ2n) is 6.63. The van der Waals surface area contributed by atoms with E-state index >= 15 is 0 Å². The molecule has 0 fully saturated rings. The number of hydrogen-bond donors (Lipinski definition) is 0. The molecule has 2 heterocycles. The van der Waals surface area contributed by atoms with Gasteiger partial charge in [0.15, 0.2) is 10.8 Å². The summed E-state index contributed by atoms with van der Waals surface area (Å²) < 4.78 is 50.7. The van der Waals surface area contributed by atoms with E-state index in [0.29, 0.717) is 15.5 Å². The van der Waals surface area contributed by atoms with E-state index in [9.17, 15) is 14.0 Å². The van der Waals surface area contributed by atoms with Crippen molar-refractivity contribution in [2.45, 2.75) is 16.7 Å². The predicted molar refractivity (Wildman–Crippen MR) is 115 cm³/mol. The summed E-state index contributed by atoms with van der Waals surface area (Å²) in [5, 5.41) is 1.94. The van der Waals surface area contributed by atoms with Gasteiger partial charge in [0.2, 0.25) is 0 Å². The van der Waals surface area contributed by atoms with Gasteiger partial charge < -0.3 is 9.47 Å². The summed E-state index contributed by atoms with van der Waals surface area (Å²) in [6.07, 6.45) is 5.62. The first-order valence-electron chi connectivity index (χ1n) is 9.12. The van der Waals surface area contributed by atoms with Gasteiger partial charge in [0.1, 0.15) is 15.2 Å². The fourth-order valence-electron chi connectivity index (χ4n) is 3.45.